The van der Waals surface area contributed by atoms with Gasteiger partial charge in [-0.25, -0.2) is 0 Å². The molecule has 0 spiro atoms. The summed E-state index contributed by atoms with van der Waals surface area (Å²) in [5, 5.41) is 57.7. The molecular formula is C13H24O10. The van der Waals surface area contributed by atoms with Gasteiger partial charge in [-0.2, -0.15) is 0 Å². The van der Waals surface area contributed by atoms with Gasteiger partial charge in [0.15, 0.2) is 18.4 Å². The van der Waals surface area contributed by atoms with E-state index in [1.165, 1.54) is 13.8 Å². The Balaban J connectivity index is 1.94. The summed E-state index contributed by atoms with van der Waals surface area (Å²) in [4.78, 5) is 0. The van der Waals surface area contributed by atoms with E-state index >= 15 is 0 Å². The van der Waals surface area contributed by atoms with Gasteiger partial charge in [-0.1, -0.05) is 0 Å². The first-order chi connectivity index (χ1) is 10.6. The van der Waals surface area contributed by atoms with E-state index in [9.17, 15) is 30.6 Å². The molecule has 2 fully saturated rings. The maximum Gasteiger partial charge on any atom is 0.189 e. The van der Waals surface area contributed by atoms with E-state index in [-0.39, 0.29) is 13.2 Å². The van der Waals surface area contributed by atoms with Crippen LogP contribution in [0.25, 0.3) is 0 Å². The molecule has 0 amide bonds. The van der Waals surface area contributed by atoms with Crippen LogP contribution in [0, 0.1) is 0 Å². The lowest BCUT2D eigenvalue weighted by Crippen LogP contribution is -2.58. The third-order valence-electron chi connectivity index (χ3n) is 3.71. The number of rotatable bonds is 4. The van der Waals surface area contributed by atoms with Crippen LogP contribution in [-0.4, -0.2) is 98.8 Å². The van der Waals surface area contributed by atoms with Crippen LogP contribution in [0.5, 0.6) is 0 Å². The quantitative estimate of drug-likeness (QED) is 0.285. The van der Waals surface area contributed by atoms with Gasteiger partial charge < -0.3 is 49.6 Å². The zero-order chi connectivity index (χ0) is 17.4. The molecule has 2 heterocycles. The fourth-order valence-electron chi connectivity index (χ4n) is 2.35. The first-order valence-electron chi connectivity index (χ1n) is 7.29. The third-order valence-corrected chi connectivity index (χ3v) is 3.71. The van der Waals surface area contributed by atoms with Crippen LogP contribution in [0.15, 0.2) is 0 Å². The second kappa shape index (κ2) is 7.23. The van der Waals surface area contributed by atoms with Gasteiger partial charge >= 0.3 is 0 Å². The molecule has 23 heavy (non-hydrogen) atoms. The van der Waals surface area contributed by atoms with E-state index < -0.39 is 55.0 Å². The second-order valence-corrected chi connectivity index (χ2v) is 6.14. The van der Waals surface area contributed by atoms with Crippen molar-refractivity contribution in [2.75, 3.05) is 13.2 Å². The second-order valence-electron chi connectivity index (χ2n) is 6.14. The molecule has 2 aliphatic rings. The predicted molar refractivity (Wildman–Crippen MR) is 71.8 cm³/mol. The summed E-state index contributed by atoms with van der Waals surface area (Å²) >= 11 is 0. The molecular weight excluding hydrogens is 316 g/mol. The number of aliphatic hydroxyl groups is 6. The van der Waals surface area contributed by atoms with Crippen molar-refractivity contribution in [3.63, 3.8) is 0 Å². The number of hydrogen-bond donors (Lipinski definition) is 6. The molecule has 136 valence electrons. The lowest BCUT2D eigenvalue weighted by molar-refractivity contribution is -0.389. The molecule has 0 aromatic heterocycles. The predicted octanol–water partition coefficient (Wildman–Crippen LogP) is -3.37. The minimum absolute atomic E-state index is 0.230. The largest absolute Gasteiger partial charge is 0.388 e. The van der Waals surface area contributed by atoms with E-state index in [0.717, 1.165) is 0 Å². The summed E-state index contributed by atoms with van der Waals surface area (Å²) < 4.78 is 21.1. The topological polar surface area (TPSA) is 158 Å². The molecule has 0 radical (unpaired) electrons. The van der Waals surface area contributed by atoms with Crippen molar-refractivity contribution in [2.24, 2.45) is 0 Å². The number of aliphatic hydroxyl groups excluding tert-OH is 6. The van der Waals surface area contributed by atoms with Gasteiger partial charge in [0.2, 0.25) is 0 Å². The Morgan fingerprint density at radius 2 is 1.04 bits per heavy atom. The highest BCUT2D eigenvalue weighted by Crippen LogP contribution is 2.27. The highest BCUT2D eigenvalue weighted by molar-refractivity contribution is 4.85. The van der Waals surface area contributed by atoms with E-state index in [0.29, 0.717) is 0 Å². The average Bonchev–Trinajstić information content (AvgIpc) is 2.48. The summed E-state index contributed by atoms with van der Waals surface area (Å²) in [6, 6.07) is 0. The normalized spacial score (nSPS) is 45.9. The molecule has 0 aliphatic carbocycles. The van der Waals surface area contributed by atoms with Crippen LogP contribution in [-0.2, 0) is 18.9 Å². The Morgan fingerprint density at radius 3 is 1.39 bits per heavy atom. The van der Waals surface area contributed by atoms with Crippen molar-refractivity contribution in [3.8, 4) is 0 Å². The Hall–Kier alpha value is -0.400. The SMILES string of the molecule is CC(C)(O[C@@H]1OC[C@H](O)[C@@H](O)[C@H]1O)O[C@@H]1OC[C@H](O)[C@@H](O)[C@H]1O. The van der Waals surface area contributed by atoms with E-state index in [2.05, 4.69) is 0 Å². The molecule has 10 nitrogen and oxygen atoms in total. The van der Waals surface area contributed by atoms with Crippen LogP contribution in [0.2, 0.25) is 0 Å². The van der Waals surface area contributed by atoms with Gasteiger partial charge in [0.05, 0.1) is 13.2 Å². The van der Waals surface area contributed by atoms with Crippen LogP contribution in [0.3, 0.4) is 0 Å². The summed E-state index contributed by atoms with van der Waals surface area (Å²) in [6.45, 7) is 2.45. The first kappa shape index (κ1) is 18.9. The third kappa shape index (κ3) is 4.37. The molecule has 10 heteroatoms. The fourth-order valence-corrected chi connectivity index (χ4v) is 2.35. The summed E-state index contributed by atoms with van der Waals surface area (Å²) in [6.07, 6.45) is -10.8. The maximum atomic E-state index is 9.84. The Bertz CT molecular complexity index is 357. The molecule has 0 bridgehead atoms. The summed E-state index contributed by atoms with van der Waals surface area (Å²) in [7, 11) is 0. The molecule has 0 aromatic carbocycles. The van der Waals surface area contributed by atoms with Crippen LogP contribution < -0.4 is 0 Å². The van der Waals surface area contributed by atoms with Gasteiger partial charge in [-0.3, -0.25) is 0 Å². The zero-order valence-corrected chi connectivity index (χ0v) is 12.8. The van der Waals surface area contributed by atoms with Crippen LogP contribution in [0.4, 0.5) is 0 Å². The van der Waals surface area contributed by atoms with Crippen molar-refractivity contribution in [2.45, 2.75) is 68.8 Å². The highest BCUT2D eigenvalue weighted by Gasteiger charge is 2.44. The Morgan fingerprint density at radius 1 is 0.696 bits per heavy atom. The van der Waals surface area contributed by atoms with E-state index in [4.69, 9.17) is 18.9 Å². The molecule has 2 aliphatic heterocycles. The number of hydrogen-bond acceptors (Lipinski definition) is 10. The molecule has 0 saturated carbocycles. The summed E-state index contributed by atoms with van der Waals surface area (Å²) in [5.74, 6) is -1.43. The van der Waals surface area contributed by atoms with E-state index in [1.54, 1.807) is 0 Å². The Kier molecular flexibility index (Phi) is 5.95. The van der Waals surface area contributed by atoms with Gasteiger partial charge in [-0.05, 0) is 13.8 Å². The molecule has 2 rings (SSSR count). The maximum absolute atomic E-state index is 9.84. The first-order valence-corrected chi connectivity index (χ1v) is 7.29. The molecule has 0 unspecified atom stereocenters. The molecule has 0 aromatic rings. The summed E-state index contributed by atoms with van der Waals surface area (Å²) in [5.41, 5.74) is 0. The minimum atomic E-state index is -1.49. The smallest absolute Gasteiger partial charge is 0.189 e. The van der Waals surface area contributed by atoms with E-state index in [1.807, 2.05) is 0 Å². The van der Waals surface area contributed by atoms with Crippen molar-refractivity contribution < 1.29 is 49.6 Å². The van der Waals surface area contributed by atoms with Gasteiger partial charge in [0.1, 0.15) is 36.6 Å². The molecule has 6 N–H and O–H groups in total. The van der Waals surface area contributed by atoms with Crippen molar-refractivity contribution in [1.29, 1.82) is 0 Å². The van der Waals surface area contributed by atoms with Crippen molar-refractivity contribution in [1.82, 2.24) is 0 Å². The van der Waals surface area contributed by atoms with Crippen LogP contribution in [0.1, 0.15) is 13.8 Å². The van der Waals surface area contributed by atoms with Gasteiger partial charge in [0.25, 0.3) is 0 Å². The molecule has 8 atom stereocenters. The van der Waals surface area contributed by atoms with Crippen LogP contribution >= 0.6 is 0 Å². The highest BCUT2D eigenvalue weighted by atomic mass is 16.8. The lowest BCUT2D eigenvalue weighted by Gasteiger charge is -2.42. The number of ether oxygens (including phenoxy) is 4. The standard InChI is InChI=1S/C13H24O10/c1-13(2,22-11-9(18)7(16)5(14)3-20-11)23-12-10(19)8(17)6(15)4-21-12/h5-12,14-19H,3-4H2,1-2H3/t5-,6-,7+,8+,9+,10+,11-,12-/m0/s1. The lowest BCUT2D eigenvalue weighted by atomic mass is 10.1. The van der Waals surface area contributed by atoms with Gasteiger partial charge in [-0.15, -0.1) is 0 Å². The van der Waals surface area contributed by atoms with Gasteiger partial charge in [0, 0.05) is 0 Å². The molecule has 2 saturated heterocycles. The zero-order valence-electron chi connectivity index (χ0n) is 12.8. The monoisotopic (exact) mass is 340 g/mol. The average molecular weight is 340 g/mol. The van der Waals surface area contributed by atoms with Crippen molar-refractivity contribution in [3.05, 3.63) is 0 Å². The fraction of sp³-hybridized carbons (Fsp3) is 1.00. The minimum Gasteiger partial charge on any atom is -0.388 e. The van der Waals surface area contributed by atoms with Crippen molar-refractivity contribution >= 4 is 0 Å². The Labute approximate surface area is 132 Å².